The average Bonchev–Trinajstić information content (AvgIpc) is 2.14. The van der Waals surface area contributed by atoms with Crippen LogP contribution in [0.15, 0.2) is 29.2 Å². The molecule has 0 aromatic heterocycles. The van der Waals surface area contributed by atoms with Crippen molar-refractivity contribution in [3.05, 3.63) is 29.3 Å². The van der Waals surface area contributed by atoms with Gasteiger partial charge in [0.2, 0.25) is 0 Å². The van der Waals surface area contributed by atoms with Gasteiger partial charge in [-0.25, -0.2) is 0 Å². The van der Waals surface area contributed by atoms with Crippen LogP contribution in [-0.2, 0) is 9.53 Å². The van der Waals surface area contributed by atoms with Crippen molar-refractivity contribution in [2.24, 2.45) is 0 Å². The zero-order chi connectivity index (χ0) is 13.1. The van der Waals surface area contributed by atoms with Crippen molar-refractivity contribution in [3.8, 4) is 0 Å². The Morgan fingerprint density at radius 3 is 2.59 bits per heavy atom. The van der Waals surface area contributed by atoms with Crippen LogP contribution in [0.1, 0.15) is 27.7 Å². The molecule has 1 unspecified atom stereocenters. The van der Waals surface area contributed by atoms with Gasteiger partial charge in [0, 0.05) is 9.92 Å². The molecule has 0 amide bonds. The fourth-order valence-electron chi connectivity index (χ4n) is 1.18. The summed E-state index contributed by atoms with van der Waals surface area (Å²) in [6.45, 7) is 7.42. The third kappa shape index (κ3) is 5.46. The van der Waals surface area contributed by atoms with Crippen LogP contribution in [-0.4, -0.2) is 16.8 Å². The molecule has 1 aromatic carbocycles. The summed E-state index contributed by atoms with van der Waals surface area (Å²) in [4.78, 5) is 12.7. The third-order valence-electron chi connectivity index (χ3n) is 1.85. The van der Waals surface area contributed by atoms with Gasteiger partial charge in [0.1, 0.15) is 10.9 Å². The van der Waals surface area contributed by atoms with Crippen LogP contribution in [0.25, 0.3) is 0 Å². The monoisotopic (exact) mass is 272 g/mol. The van der Waals surface area contributed by atoms with E-state index >= 15 is 0 Å². The first kappa shape index (κ1) is 14.4. The molecule has 0 radical (unpaired) electrons. The number of halogens is 1. The summed E-state index contributed by atoms with van der Waals surface area (Å²) < 4.78 is 5.31. The van der Waals surface area contributed by atoms with Gasteiger partial charge in [0.15, 0.2) is 0 Å². The molecule has 0 aliphatic carbocycles. The van der Waals surface area contributed by atoms with Crippen molar-refractivity contribution >= 4 is 29.3 Å². The summed E-state index contributed by atoms with van der Waals surface area (Å²) in [5.74, 6) is -0.206. The molecule has 17 heavy (non-hydrogen) atoms. The number of benzene rings is 1. The second-order valence-corrected chi connectivity index (χ2v) is 6.60. The molecule has 94 valence electrons. The lowest BCUT2D eigenvalue weighted by Crippen LogP contribution is -2.28. The lowest BCUT2D eigenvalue weighted by atomic mass is 10.2. The van der Waals surface area contributed by atoms with E-state index in [9.17, 15) is 4.79 Å². The van der Waals surface area contributed by atoms with Gasteiger partial charge in [-0.15, -0.1) is 11.8 Å². The van der Waals surface area contributed by atoms with Crippen molar-refractivity contribution < 1.29 is 9.53 Å². The van der Waals surface area contributed by atoms with Crippen LogP contribution in [0.5, 0.6) is 0 Å². The molecule has 0 aliphatic rings. The molecule has 0 saturated carbocycles. The van der Waals surface area contributed by atoms with Crippen LogP contribution >= 0.6 is 23.4 Å². The Hall–Kier alpha value is -0.670. The number of esters is 1. The smallest absolute Gasteiger partial charge is 0.319 e. The number of carbonyl (C=O) groups excluding carboxylic acids is 1. The Bertz CT molecular complexity index is 399. The van der Waals surface area contributed by atoms with Gasteiger partial charge in [0.05, 0.1) is 0 Å². The fraction of sp³-hybridized carbons (Fsp3) is 0.462. The van der Waals surface area contributed by atoms with Crippen molar-refractivity contribution in [3.63, 3.8) is 0 Å². The molecule has 1 atom stereocenters. The first-order valence-electron chi connectivity index (χ1n) is 5.43. The number of hydrogen-bond acceptors (Lipinski definition) is 3. The minimum absolute atomic E-state index is 0.206. The molecule has 1 rings (SSSR count). The zero-order valence-electron chi connectivity index (χ0n) is 10.5. The molecular weight excluding hydrogens is 256 g/mol. The number of thioether (sulfide) groups is 1. The maximum atomic E-state index is 11.8. The molecule has 1 aromatic rings. The Kier molecular flexibility index (Phi) is 4.90. The Labute approximate surface area is 112 Å². The van der Waals surface area contributed by atoms with Crippen LogP contribution in [0.3, 0.4) is 0 Å². The summed E-state index contributed by atoms with van der Waals surface area (Å²) in [5, 5.41) is 0.430. The number of carbonyl (C=O) groups is 1. The van der Waals surface area contributed by atoms with Gasteiger partial charge >= 0.3 is 5.97 Å². The summed E-state index contributed by atoms with van der Waals surface area (Å²) in [6, 6.07) is 7.45. The first-order chi connectivity index (χ1) is 7.78. The van der Waals surface area contributed by atoms with Crippen LogP contribution in [0.4, 0.5) is 0 Å². The van der Waals surface area contributed by atoms with E-state index in [-0.39, 0.29) is 11.2 Å². The average molecular weight is 273 g/mol. The second-order valence-electron chi connectivity index (χ2n) is 4.75. The van der Waals surface area contributed by atoms with E-state index in [0.29, 0.717) is 5.02 Å². The van der Waals surface area contributed by atoms with Crippen molar-refractivity contribution in [1.82, 2.24) is 0 Å². The number of rotatable bonds is 3. The summed E-state index contributed by atoms with van der Waals surface area (Å²) in [7, 11) is 0. The Morgan fingerprint density at radius 2 is 2.06 bits per heavy atom. The largest absolute Gasteiger partial charge is 0.459 e. The lowest BCUT2D eigenvalue weighted by molar-refractivity contribution is -0.153. The molecule has 0 heterocycles. The highest BCUT2D eigenvalue weighted by molar-refractivity contribution is 8.00. The van der Waals surface area contributed by atoms with Gasteiger partial charge in [-0.2, -0.15) is 0 Å². The van der Waals surface area contributed by atoms with E-state index in [1.807, 2.05) is 52.0 Å². The topological polar surface area (TPSA) is 26.3 Å². The van der Waals surface area contributed by atoms with E-state index in [1.165, 1.54) is 11.8 Å². The standard InChI is InChI=1S/C13H17ClO2S/c1-9(12(15)16-13(2,3)4)17-11-7-5-6-10(14)8-11/h5-9H,1-4H3. The highest BCUT2D eigenvalue weighted by atomic mass is 35.5. The van der Waals surface area contributed by atoms with Crippen LogP contribution in [0, 0.1) is 0 Å². The fourth-order valence-corrected chi connectivity index (χ4v) is 2.34. The molecule has 0 spiro atoms. The lowest BCUT2D eigenvalue weighted by Gasteiger charge is -2.22. The van der Waals surface area contributed by atoms with E-state index < -0.39 is 5.60 Å². The van der Waals surface area contributed by atoms with Gasteiger partial charge in [-0.3, -0.25) is 4.79 Å². The summed E-state index contributed by atoms with van der Waals surface area (Å²) in [5.41, 5.74) is -0.444. The van der Waals surface area contributed by atoms with E-state index in [0.717, 1.165) is 4.90 Å². The molecule has 0 saturated heterocycles. The molecule has 0 bridgehead atoms. The van der Waals surface area contributed by atoms with Crippen molar-refractivity contribution in [2.75, 3.05) is 0 Å². The molecule has 4 heteroatoms. The molecule has 0 N–H and O–H groups in total. The SMILES string of the molecule is CC(Sc1cccc(Cl)c1)C(=O)OC(C)(C)C. The molecule has 0 aliphatic heterocycles. The maximum absolute atomic E-state index is 11.8. The number of ether oxygens (including phenoxy) is 1. The Balaban J connectivity index is 2.60. The van der Waals surface area contributed by atoms with Gasteiger partial charge in [-0.1, -0.05) is 17.7 Å². The van der Waals surface area contributed by atoms with Crippen molar-refractivity contribution in [2.45, 2.75) is 43.4 Å². The van der Waals surface area contributed by atoms with Gasteiger partial charge in [-0.05, 0) is 45.9 Å². The van der Waals surface area contributed by atoms with Crippen LogP contribution in [0.2, 0.25) is 5.02 Å². The second kappa shape index (κ2) is 5.78. The molecular formula is C13H17ClO2S. The third-order valence-corrected chi connectivity index (χ3v) is 3.15. The number of hydrogen-bond donors (Lipinski definition) is 0. The highest BCUT2D eigenvalue weighted by Gasteiger charge is 2.22. The predicted octanol–water partition coefficient (Wildman–Crippen LogP) is 4.16. The molecule has 2 nitrogen and oxygen atoms in total. The predicted molar refractivity (Wildman–Crippen MR) is 72.6 cm³/mol. The van der Waals surface area contributed by atoms with Gasteiger partial charge < -0.3 is 4.74 Å². The van der Waals surface area contributed by atoms with E-state index in [1.54, 1.807) is 0 Å². The summed E-state index contributed by atoms with van der Waals surface area (Å²) in [6.07, 6.45) is 0. The zero-order valence-corrected chi connectivity index (χ0v) is 12.1. The van der Waals surface area contributed by atoms with Crippen molar-refractivity contribution in [1.29, 1.82) is 0 Å². The minimum atomic E-state index is -0.444. The molecule has 0 fully saturated rings. The summed E-state index contributed by atoms with van der Waals surface area (Å²) >= 11 is 7.33. The van der Waals surface area contributed by atoms with E-state index in [2.05, 4.69) is 0 Å². The quantitative estimate of drug-likeness (QED) is 0.610. The minimum Gasteiger partial charge on any atom is -0.459 e. The Morgan fingerprint density at radius 1 is 1.41 bits per heavy atom. The van der Waals surface area contributed by atoms with Gasteiger partial charge in [0.25, 0.3) is 0 Å². The highest BCUT2D eigenvalue weighted by Crippen LogP contribution is 2.27. The van der Waals surface area contributed by atoms with E-state index in [4.69, 9.17) is 16.3 Å². The normalized spacial score (nSPS) is 13.2. The van der Waals surface area contributed by atoms with Crippen LogP contribution < -0.4 is 0 Å². The maximum Gasteiger partial charge on any atom is 0.319 e. The first-order valence-corrected chi connectivity index (χ1v) is 6.69.